The number of thiazole rings is 1. The average Bonchev–Trinajstić information content (AvgIpc) is 3.18. The maximum atomic E-state index is 12.5. The van der Waals surface area contributed by atoms with Gasteiger partial charge in [0, 0.05) is 24.7 Å². The highest BCUT2D eigenvalue weighted by Crippen LogP contribution is 2.37. The number of amides is 1. The summed E-state index contributed by atoms with van der Waals surface area (Å²) in [4.78, 5) is 19.3. The van der Waals surface area contributed by atoms with Gasteiger partial charge in [-0.3, -0.25) is 4.79 Å². The second-order valence-electron chi connectivity index (χ2n) is 5.90. The number of nitrogens with two attached hydrogens (primary N) is 1. The van der Waals surface area contributed by atoms with Crippen LogP contribution in [0, 0.1) is 0 Å². The number of carbonyl (C=O) groups is 1. The van der Waals surface area contributed by atoms with E-state index in [4.69, 9.17) is 15.2 Å². The van der Waals surface area contributed by atoms with Gasteiger partial charge in [-0.25, -0.2) is 4.98 Å². The Kier molecular flexibility index (Phi) is 3.46. The molecule has 7 heteroatoms. The molecule has 2 aliphatic rings. The van der Waals surface area contributed by atoms with Gasteiger partial charge in [0.05, 0.1) is 6.20 Å². The third-order valence-corrected chi connectivity index (χ3v) is 5.39. The van der Waals surface area contributed by atoms with E-state index in [1.807, 2.05) is 25.2 Å². The molecule has 4 rings (SSSR count). The van der Waals surface area contributed by atoms with Crippen LogP contribution in [0.4, 0.5) is 0 Å². The summed E-state index contributed by atoms with van der Waals surface area (Å²) in [6.45, 7) is 0.245. The molecule has 1 aliphatic heterocycles. The van der Waals surface area contributed by atoms with Crippen LogP contribution in [0.5, 0.6) is 11.5 Å². The molecule has 0 bridgehead atoms. The van der Waals surface area contributed by atoms with E-state index >= 15 is 0 Å². The quantitative estimate of drug-likeness (QED) is 0.932. The maximum absolute atomic E-state index is 12.5. The first-order valence-electron chi connectivity index (χ1n) is 7.50. The molecule has 120 valence electrons. The van der Waals surface area contributed by atoms with Crippen molar-refractivity contribution >= 4 is 17.2 Å². The lowest BCUT2D eigenvalue weighted by molar-refractivity contribution is 0.0630. The number of benzene rings is 1. The van der Waals surface area contributed by atoms with E-state index in [0.717, 1.165) is 29.2 Å². The van der Waals surface area contributed by atoms with Gasteiger partial charge < -0.3 is 20.1 Å². The molecule has 1 aliphatic carbocycles. The van der Waals surface area contributed by atoms with Crippen LogP contribution in [0.15, 0.2) is 24.4 Å². The number of rotatable bonds is 3. The zero-order chi connectivity index (χ0) is 16.0. The highest BCUT2D eigenvalue weighted by molar-refractivity contribution is 7.16. The average molecular weight is 331 g/mol. The predicted molar refractivity (Wildman–Crippen MR) is 86.8 cm³/mol. The van der Waals surface area contributed by atoms with E-state index in [0.29, 0.717) is 10.6 Å². The molecule has 0 atom stereocenters. The topological polar surface area (TPSA) is 77.7 Å². The van der Waals surface area contributed by atoms with Gasteiger partial charge >= 0.3 is 0 Å². The fraction of sp³-hybridized carbons (Fsp3) is 0.375. The summed E-state index contributed by atoms with van der Waals surface area (Å²) in [7, 11) is 1.83. The van der Waals surface area contributed by atoms with E-state index in [9.17, 15) is 4.79 Å². The third-order valence-electron chi connectivity index (χ3n) is 4.35. The van der Waals surface area contributed by atoms with Crippen LogP contribution in [-0.4, -0.2) is 41.7 Å². The van der Waals surface area contributed by atoms with Gasteiger partial charge in [-0.2, -0.15) is 0 Å². The summed E-state index contributed by atoms with van der Waals surface area (Å²) in [6.07, 6.45) is 3.38. The van der Waals surface area contributed by atoms with Crippen molar-refractivity contribution in [3.05, 3.63) is 29.3 Å². The van der Waals surface area contributed by atoms with Crippen molar-refractivity contribution in [2.45, 2.75) is 24.9 Å². The van der Waals surface area contributed by atoms with E-state index in [2.05, 4.69) is 4.98 Å². The van der Waals surface area contributed by atoms with E-state index in [1.54, 1.807) is 11.1 Å². The molecule has 1 aromatic heterocycles. The molecule has 1 fully saturated rings. The predicted octanol–water partition coefficient (Wildman–Crippen LogP) is 2.10. The Morgan fingerprint density at radius 1 is 1.35 bits per heavy atom. The Labute approximate surface area is 137 Å². The molecule has 23 heavy (non-hydrogen) atoms. The van der Waals surface area contributed by atoms with Crippen molar-refractivity contribution in [1.29, 1.82) is 0 Å². The monoisotopic (exact) mass is 331 g/mol. The summed E-state index contributed by atoms with van der Waals surface area (Å²) in [5, 5.41) is 0.797. The normalized spacial score (nSPS) is 21.8. The Balaban J connectivity index is 1.53. The largest absolute Gasteiger partial charge is 0.454 e. The van der Waals surface area contributed by atoms with Crippen LogP contribution in [0.25, 0.3) is 10.6 Å². The Hall–Kier alpha value is -2.12. The summed E-state index contributed by atoms with van der Waals surface area (Å²) >= 11 is 1.39. The molecule has 1 amide bonds. The van der Waals surface area contributed by atoms with Crippen molar-refractivity contribution in [2.24, 2.45) is 5.73 Å². The van der Waals surface area contributed by atoms with Crippen LogP contribution < -0.4 is 15.2 Å². The standard InChI is InChI=1S/C16H17N3O3S/c1-19(11-5-10(17)6-11)16(20)14-7-18-15(23-14)9-2-3-12-13(4-9)22-8-21-12/h2-4,7,10-11H,5-6,8,17H2,1H3. The molecule has 1 aromatic carbocycles. The third kappa shape index (κ3) is 2.55. The molecule has 0 spiro atoms. The number of aromatic nitrogens is 1. The lowest BCUT2D eigenvalue weighted by Gasteiger charge is -2.39. The van der Waals surface area contributed by atoms with Crippen molar-refractivity contribution in [2.75, 3.05) is 13.8 Å². The number of nitrogens with zero attached hydrogens (tertiary/aromatic N) is 2. The minimum Gasteiger partial charge on any atom is -0.454 e. The lowest BCUT2D eigenvalue weighted by Crippen LogP contribution is -2.51. The minimum atomic E-state index is 0.00592. The van der Waals surface area contributed by atoms with Crippen LogP contribution in [-0.2, 0) is 0 Å². The molecule has 2 aromatic rings. The minimum absolute atomic E-state index is 0.00592. The molecular formula is C16H17N3O3S. The van der Waals surface area contributed by atoms with Crippen molar-refractivity contribution in [3.63, 3.8) is 0 Å². The molecule has 0 radical (unpaired) electrons. The van der Waals surface area contributed by atoms with Crippen LogP contribution in [0.1, 0.15) is 22.5 Å². The zero-order valence-electron chi connectivity index (χ0n) is 12.7. The lowest BCUT2D eigenvalue weighted by atomic mass is 9.86. The Morgan fingerprint density at radius 2 is 2.13 bits per heavy atom. The van der Waals surface area contributed by atoms with Crippen molar-refractivity contribution in [3.8, 4) is 22.1 Å². The second kappa shape index (κ2) is 5.50. The number of ether oxygens (including phenoxy) is 2. The first-order valence-corrected chi connectivity index (χ1v) is 8.32. The maximum Gasteiger partial charge on any atom is 0.265 e. The summed E-state index contributed by atoms with van der Waals surface area (Å²) in [5.41, 5.74) is 6.72. The van der Waals surface area contributed by atoms with Crippen LogP contribution in [0.3, 0.4) is 0 Å². The first kappa shape index (κ1) is 14.5. The van der Waals surface area contributed by atoms with Crippen LogP contribution in [0.2, 0.25) is 0 Å². The Morgan fingerprint density at radius 3 is 2.91 bits per heavy atom. The highest BCUT2D eigenvalue weighted by Gasteiger charge is 2.32. The van der Waals surface area contributed by atoms with Gasteiger partial charge in [-0.05, 0) is 31.0 Å². The molecule has 1 saturated carbocycles. The second-order valence-corrected chi connectivity index (χ2v) is 6.93. The highest BCUT2D eigenvalue weighted by atomic mass is 32.1. The fourth-order valence-corrected chi connectivity index (χ4v) is 3.72. The van der Waals surface area contributed by atoms with Crippen molar-refractivity contribution < 1.29 is 14.3 Å². The van der Waals surface area contributed by atoms with Gasteiger partial charge in [0.2, 0.25) is 6.79 Å². The summed E-state index contributed by atoms with van der Waals surface area (Å²) in [6, 6.07) is 6.15. The van der Waals surface area contributed by atoms with Gasteiger partial charge in [0.15, 0.2) is 11.5 Å². The molecular weight excluding hydrogens is 314 g/mol. The summed E-state index contributed by atoms with van der Waals surface area (Å²) in [5.74, 6) is 1.46. The smallest absolute Gasteiger partial charge is 0.265 e. The fourth-order valence-electron chi connectivity index (χ4n) is 2.82. The number of carbonyl (C=O) groups excluding carboxylic acids is 1. The first-order chi connectivity index (χ1) is 11.1. The number of fused-ring (bicyclic) bond motifs is 1. The van der Waals surface area contributed by atoms with Gasteiger partial charge in [0.25, 0.3) is 5.91 Å². The number of hydrogen-bond donors (Lipinski definition) is 1. The molecule has 6 nitrogen and oxygen atoms in total. The number of hydrogen-bond acceptors (Lipinski definition) is 6. The molecule has 2 heterocycles. The van der Waals surface area contributed by atoms with E-state index in [-0.39, 0.29) is 24.8 Å². The van der Waals surface area contributed by atoms with E-state index in [1.165, 1.54) is 11.3 Å². The van der Waals surface area contributed by atoms with E-state index < -0.39 is 0 Å². The SMILES string of the molecule is CN(C(=O)c1cnc(-c2ccc3c(c2)OCO3)s1)C1CC(N)C1. The molecule has 0 saturated heterocycles. The van der Waals surface area contributed by atoms with Gasteiger partial charge in [-0.1, -0.05) is 0 Å². The summed E-state index contributed by atoms with van der Waals surface area (Å²) < 4.78 is 10.7. The zero-order valence-corrected chi connectivity index (χ0v) is 13.5. The van der Waals surface area contributed by atoms with Gasteiger partial charge in [0.1, 0.15) is 9.88 Å². The van der Waals surface area contributed by atoms with Crippen LogP contribution >= 0.6 is 11.3 Å². The van der Waals surface area contributed by atoms with Gasteiger partial charge in [-0.15, -0.1) is 11.3 Å². The Bertz CT molecular complexity index is 755. The van der Waals surface area contributed by atoms with Crippen molar-refractivity contribution in [1.82, 2.24) is 9.88 Å². The molecule has 0 unspecified atom stereocenters. The molecule has 2 N–H and O–H groups in total.